The molecule has 1 aromatic carbocycles. The lowest BCUT2D eigenvalue weighted by Gasteiger charge is -2.04. The minimum Gasteiger partial charge on any atom is -0.364 e. The van der Waals surface area contributed by atoms with Crippen molar-refractivity contribution in [1.82, 2.24) is 14.8 Å². The summed E-state index contributed by atoms with van der Waals surface area (Å²) in [5, 5.41) is 15.1. The molecule has 3 aromatic rings. The van der Waals surface area contributed by atoms with E-state index in [2.05, 4.69) is 10.1 Å². The Morgan fingerprint density at radius 3 is 2.52 bits per heavy atom. The topological polar surface area (TPSA) is 117 Å². The van der Waals surface area contributed by atoms with Gasteiger partial charge in [-0.3, -0.25) is 19.9 Å². The van der Waals surface area contributed by atoms with Crippen molar-refractivity contribution in [3.05, 3.63) is 70.7 Å². The molecule has 1 amide bonds. The number of aromatic nitrogens is 3. The minimum absolute atomic E-state index is 0.0472. The van der Waals surface area contributed by atoms with Gasteiger partial charge < -0.3 is 5.73 Å². The number of non-ortho nitro benzene ring substituents is 1. The summed E-state index contributed by atoms with van der Waals surface area (Å²) in [6.07, 6.45) is 3.25. The molecule has 2 heterocycles. The molecule has 2 aromatic heterocycles. The molecule has 8 heteroatoms. The number of nitro benzene ring substituents is 1. The molecule has 0 unspecified atom stereocenters. The van der Waals surface area contributed by atoms with E-state index in [9.17, 15) is 14.9 Å². The van der Waals surface area contributed by atoms with Crippen LogP contribution in [0.3, 0.4) is 0 Å². The van der Waals surface area contributed by atoms with Gasteiger partial charge in [-0.25, -0.2) is 4.68 Å². The van der Waals surface area contributed by atoms with Gasteiger partial charge in [0, 0.05) is 30.1 Å². The van der Waals surface area contributed by atoms with E-state index in [-0.39, 0.29) is 11.4 Å². The molecule has 0 aliphatic heterocycles. The second-order valence-corrected chi connectivity index (χ2v) is 4.71. The smallest absolute Gasteiger partial charge is 0.269 e. The van der Waals surface area contributed by atoms with Crippen LogP contribution in [0.2, 0.25) is 0 Å². The van der Waals surface area contributed by atoms with Gasteiger partial charge in [0.15, 0.2) is 0 Å². The van der Waals surface area contributed by atoms with Gasteiger partial charge in [-0.05, 0) is 30.3 Å². The van der Waals surface area contributed by atoms with E-state index in [0.717, 1.165) is 5.56 Å². The number of hydrogen-bond acceptors (Lipinski definition) is 5. The highest BCUT2D eigenvalue weighted by Crippen LogP contribution is 2.22. The number of amides is 1. The SMILES string of the molecule is NC(=O)c1cc(-c2cccnc2)nn1-c1ccc([N+](=O)[O-])cc1. The van der Waals surface area contributed by atoms with Crippen LogP contribution in [0.1, 0.15) is 10.5 Å². The van der Waals surface area contributed by atoms with Gasteiger partial charge in [-0.1, -0.05) is 0 Å². The second-order valence-electron chi connectivity index (χ2n) is 4.71. The third kappa shape index (κ3) is 2.77. The molecule has 0 spiro atoms. The highest BCUT2D eigenvalue weighted by Gasteiger charge is 2.16. The third-order valence-electron chi connectivity index (χ3n) is 3.22. The first kappa shape index (κ1) is 14.4. The van der Waals surface area contributed by atoms with E-state index in [1.165, 1.54) is 28.9 Å². The Hall–Kier alpha value is -3.55. The number of hydrogen-bond donors (Lipinski definition) is 1. The maximum absolute atomic E-state index is 11.7. The number of nitro groups is 1. The zero-order chi connectivity index (χ0) is 16.4. The van der Waals surface area contributed by atoms with E-state index in [4.69, 9.17) is 5.73 Å². The van der Waals surface area contributed by atoms with Crippen molar-refractivity contribution in [2.24, 2.45) is 5.73 Å². The molecule has 8 nitrogen and oxygen atoms in total. The average Bonchev–Trinajstić information content (AvgIpc) is 3.01. The van der Waals surface area contributed by atoms with Crippen LogP contribution in [0.15, 0.2) is 54.9 Å². The van der Waals surface area contributed by atoms with E-state index in [1.54, 1.807) is 30.6 Å². The molecule has 0 saturated carbocycles. The van der Waals surface area contributed by atoms with Crippen LogP contribution in [-0.2, 0) is 0 Å². The quantitative estimate of drug-likeness (QED) is 0.583. The number of nitrogens with two attached hydrogens (primary N) is 1. The highest BCUT2D eigenvalue weighted by molar-refractivity contribution is 5.93. The van der Waals surface area contributed by atoms with E-state index >= 15 is 0 Å². The molecule has 0 bridgehead atoms. The van der Waals surface area contributed by atoms with Crippen molar-refractivity contribution >= 4 is 11.6 Å². The van der Waals surface area contributed by atoms with Crippen LogP contribution in [0, 0.1) is 10.1 Å². The fraction of sp³-hybridized carbons (Fsp3) is 0. The Morgan fingerprint density at radius 1 is 1.22 bits per heavy atom. The van der Waals surface area contributed by atoms with Gasteiger partial charge in [0.25, 0.3) is 11.6 Å². The lowest BCUT2D eigenvalue weighted by Crippen LogP contribution is -2.16. The Balaban J connectivity index is 2.09. The minimum atomic E-state index is -0.647. The predicted molar refractivity (Wildman–Crippen MR) is 82.0 cm³/mol. The first-order valence-corrected chi connectivity index (χ1v) is 6.61. The van der Waals surface area contributed by atoms with E-state index in [0.29, 0.717) is 11.4 Å². The summed E-state index contributed by atoms with van der Waals surface area (Å²) in [5.41, 5.74) is 7.29. The molecule has 0 aliphatic carbocycles. The summed E-state index contributed by atoms with van der Waals surface area (Å²) in [6.45, 7) is 0. The summed E-state index contributed by atoms with van der Waals surface area (Å²) in [5.74, 6) is -0.647. The van der Waals surface area contributed by atoms with Gasteiger partial charge in [-0.15, -0.1) is 0 Å². The number of nitrogens with zero attached hydrogens (tertiary/aromatic N) is 4. The van der Waals surface area contributed by atoms with Crippen LogP contribution in [0.4, 0.5) is 5.69 Å². The molecule has 3 rings (SSSR count). The Labute approximate surface area is 130 Å². The zero-order valence-electron chi connectivity index (χ0n) is 11.8. The normalized spacial score (nSPS) is 10.4. The molecular formula is C15H11N5O3. The van der Waals surface area contributed by atoms with Crippen LogP contribution >= 0.6 is 0 Å². The fourth-order valence-electron chi connectivity index (χ4n) is 2.12. The Kier molecular flexibility index (Phi) is 3.55. The summed E-state index contributed by atoms with van der Waals surface area (Å²) in [4.78, 5) is 25.9. The predicted octanol–water partition coefficient (Wildman–Crippen LogP) is 1.94. The molecule has 23 heavy (non-hydrogen) atoms. The highest BCUT2D eigenvalue weighted by atomic mass is 16.6. The van der Waals surface area contributed by atoms with Crippen LogP contribution in [-0.4, -0.2) is 25.6 Å². The van der Waals surface area contributed by atoms with E-state index < -0.39 is 10.8 Å². The lowest BCUT2D eigenvalue weighted by atomic mass is 10.2. The number of carbonyl (C=O) groups excluding carboxylic acids is 1. The van der Waals surface area contributed by atoms with Gasteiger partial charge in [0.2, 0.25) is 0 Å². The standard InChI is InChI=1S/C15H11N5O3/c16-15(21)14-8-13(10-2-1-7-17-9-10)18-19(14)11-3-5-12(6-4-11)20(22)23/h1-9H,(H2,16,21). The average molecular weight is 309 g/mol. The van der Waals surface area contributed by atoms with Gasteiger partial charge in [0.1, 0.15) is 5.69 Å². The van der Waals surface area contributed by atoms with Crippen molar-refractivity contribution in [2.45, 2.75) is 0 Å². The molecular weight excluding hydrogens is 298 g/mol. The maximum Gasteiger partial charge on any atom is 0.269 e. The number of carbonyl (C=O) groups is 1. The van der Waals surface area contributed by atoms with Crippen LogP contribution < -0.4 is 5.73 Å². The van der Waals surface area contributed by atoms with Crippen molar-refractivity contribution in [2.75, 3.05) is 0 Å². The van der Waals surface area contributed by atoms with Crippen molar-refractivity contribution in [3.63, 3.8) is 0 Å². The largest absolute Gasteiger partial charge is 0.364 e. The first-order valence-electron chi connectivity index (χ1n) is 6.61. The number of rotatable bonds is 4. The van der Waals surface area contributed by atoms with Crippen LogP contribution in [0.5, 0.6) is 0 Å². The van der Waals surface area contributed by atoms with Gasteiger partial charge >= 0.3 is 0 Å². The second kappa shape index (κ2) is 5.68. The van der Waals surface area contributed by atoms with Crippen molar-refractivity contribution < 1.29 is 9.72 Å². The monoisotopic (exact) mass is 309 g/mol. The summed E-state index contributed by atoms with van der Waals surface area (Å²) >= 11 is 0. The zero-order valence-corrected chi connectivity index (χ0v) is 11.8. The Bertz CT molecular complexity index is 872. The summed E-state index contributed by atoms with van der Waals surface area (Å²) < 4.78 is 1.36. The molecule has 0 aliphatic rings. The molecule has 0 radical (unpaired) electrons. The number of primary amides is 1. The Morgan fingerprint density at radius 2 is 1.96 bits per heavy atom. The molecule has 0 fully saturated rings. The van der Waals surface area contributed by atoms with Gasteiger partial charge in [0.05, 0.1) is 16.3 Å². The number of pyridine rings is 1. The molecule has 0 atom stereocenters. The lowest BCUT2D eigenvalue weighted by molar-refractivity contribution is -0.384. The van der Waals surface area contributed by atoms with Crippen molar-refractivity contribution in [3.8, 4) is 16.9 Å². The van der Waals surface area contributed by atoms with E-state index in [1.807, 2.05) is 0 Å². The van der Waals surface area contributed by atoms with Crippen LogP contribution in [0.25, 0.3) is 16.9 Å². The summed E-state index contributed by atoms with van der Waals surface area (Å²) in [7, 11) is 0. The number of benzene rings is 1. The molecule has 0 saturated heterocycles. The third-order valence-corrected chi connectivity index (χ3v) is 3.22. The maximum atomic E-state index is 11.7. The molecule has 2 N–H and O–H groups in total. The summed E-state index contributed by atoms with van der Waals surface area (Å²) in [6, 6.07) is 10.8. The fourth-order valence-corrected chi connectivity index (χ4v) is 2.12. The van der Waals surface area contributed by atoms with Gasteiger partial charge in [-0.2, -0.15) is 5.10 Å². The van der Waals surface area contributed by atoms with Crippen molar-refractivity contribution in [1.29, 1.82) is 0 Å². The molecule has 114 valence electrons. The first-order chi connectivity index (χ1) is 11.1.